The van der Waals surface area contributed by atoms with E-state index in [1.807, 2.05) is 13.8 Å². The van der Waals surface area contributed by atoms with Gasteiger partial charge in [0.15, 0.2) is 0 Å². The molecule has 34 heavy (non-hydrogen) atoms. The summed E-state index contributed by atoms with van der Waals surface area (Å²) in [6, 6.07) is 10.6. The molecule has 0 spiro atoms. The minimum atomic E-state index is -3.75. The van der Waals surface area contributed by atoms with Crippen LogP contribution in [0.4, 0.5) is 5.82 Å². The van der Waals surface area contributed by atoms with E-state index in [0.29, 0.717) is 37.4 Å². The number of carbonyl (C=O) groups is 2. The van der Waals surface area contributed by atoms with Gasteiger partial charge in [-0.2, -0.15) is 4.31 Å². The van der Waals surface area contributed by atoms with E-state index in [1.165, 1.54) is 23.5 Å². The van der Waals surface area contributed by atoms with Crippen LogP contribution in [-0.2, 0) is 19.6 Å². The van der Waals surface area contributed by atoms with Gasteiger partial charge in [0.2, 0.25) is 21.8 Å². The second kappa shape index (κ2) is 11.4. The molecule has 10 heteroatoms. The summed E-state index contributed by atoms with van der Waals surface area (Å²) in [7, 11) is -2.24. The molecule has 0 aliphatic carbocycles. The number of rotatable bonds is 9. The number of benzene rings is 1. The summed E-state index contributed by atoms with van der Waals surface area (Å²) >= 11 is 0. The number of pyridine rings is 1. The van der Waals surface area contributed by atoms with Gasteiger partial charge in [0.25, 0.3) is 0 Å². The van der Waals surface area contributed by atoms with Crippen molar-refractivity contribution in [2.24, 2.45) is 11.8 Å². The Bertz CT molecular complexity index is 1080. The van der Waals surface area contributed by atoms with Gasteiger partial charge in [0.05, 0.1) is 17.9 Å². The van der Waals surface area contributed by atoms with Crippen molar-refractivity contribution >= 4 is 27.7 Å². The number of anilines is 1. The van der Waals surface area contributed by atoms with Gasteiger partial charge in [-0.05, 0) is 55.2 Å². The van der Waals surface area contributed by atoms with Crippen LogP contribution in [0.25, 0.3) is 0 Å². The zero-order valence-electron chi connectivity index (χ0n) is 19.7. The molecule has 2 aromatic rings. The second-order valence-electron chi connectivity index (χ2n) is 8.45. The number of sulfonamides is 1. The summed E-state index contributed by atoms with van der Waals surface area (Å²) in [6.07, 6.45) is 3.37. The maximum atomic E-state index is 13.1. The first-order valence-corrected chi connectivity index (χ1v) is 12.9. The Labute approximate surface area is 201 Å². The van der Waals surface area contributed by atoms with Crippen molar-refractivity contribution in [2.75, 3.05) is 25.5 Å². The minimum Gasteiger partial charge on any atom is -0.497 e. The number of hydrogen-bond acceptors (Lipinski definition) is 6. The number of carbonyl (C=O) groups excluding carboxylic acids is 2. The fraction of sp³-hybridized carbons (Fsp3) is 0.458. The number of hydrogen-bond donors (Lipinski definition) is 2. The van der Waals surface area contributed by atoms with Crippen LogP contribution >= 0.6 is 0 Å². The Hall–Kier alpha value is -2.98. The molecule has 0 radical (unpaired) electrons. The normalized spacial score (nSPS) is 18.5. The summed E-state index contributed by atoms with van der Waals surface area (Å²) < 4.78 is 32.7. The highest BCUT2D eigenvalue weighted by molar-refractivity contribution is 7.89. The first-order chi connectivity index (χ1) is 16.3. The lowest BCUT2D eigenvalue weighted by Gasteiger charge is -2.32. The Morgan fingerprint density at radius 1 is 1.21 bits per heavy atom. The van der Waals surface area contributed by atoms with Gasteiger partial charge in [-0.15, -0.1) is 0 Å². The van der Waals surface area contributed by atoms with Gasteiger partial charge in [0.1, 0.15) is 17.6 Å². The zero-order chi connectivity index (χ0) is 24.7. The molecule has 184 valence electrons. The topological polar surface area (TPSA) is 118 Å². The molecule has 0 saturated carbocycles. The quantitative estimate of drug-likeness (QED) is 0.560. The van der Waals surface area contributed by atoms with Crippen LogP contribution in [0, 0.1) is 11.8 Å². The molecule has 0 bridgehead atoms. The molecule has 1 saturated heterocycles. The highest BCUT2D eigenvalue weighted by atomic mass is 32.2. The third kappa shape index (κ3) is 6.12. The predicted octanol–water partition coefficient (Wildman–Crippen LogP) is 2.66. The summed E-state index contributed by atoms with van der Waals surface area (Å²) in [5, 5.41) is 5.62. The average molecular weight is 489 g/mol. The highest BCUT2D eigenvalue weighted by Crippen LogP contribution is 2.25. The molecule has 3 atom stereocenters. The van der Waals surface area contributed by atoms with Crippen LogP contribution in [-0.4, -0.2) is 55.8 Å². The summed E-state index contributed by atoms with van der Waals surface area (Å²) in [6.45, 7) is 4.24. The number of nitrogens with zero attached hydrogens (tertiary/aromatic N) is 2. The van der Waals surface area contributed by atoms with E-state index in [2.05, 4.69) is 15.6 Å². The van der Waals surface area contributed by atoms with Gasteiger partial charge < -0.3 is 15.4 Å². The molecule has 1 aromatic heterocycles. The molecular weight excluding hydrogens is 456 g/mol. The molecule has 2 amide bonds. The number of piperidine rings is 1. The van der Waals surface area contributed by atoms with Crippen LogP contribution in [0.5, 0.6) is 5.75 Å². The monoisotopic (exact) mass is 488 g/mol. The number of methoxy groups -OCH3 is 1. The Balaban J connectivity index is 1.70. The molecule has 1 aromatic carbocycles. The maximum Gasteiger partial charge on any atom is 0.248 e. The molecule has 2 heterocycles. The summed E-state index contributed by atoms with van der Waals surface area (Å²) in [5.41, 5.74) is 0. The van der Waals surface area contributed by atoms with Crippen LogP contribution in [0.3, 0.4) is 0 Å². The fourth-order valence-corrected chi connectivity index (χ4v) is 5.41. The number of ether oxygens (including phenoxy) is 1. The largest absolute Gasteiger partial charge is 0.497 e. The molecule has 1 aliphatic rings. The lowest BCUT2D eigenvalue weighted by molar-refractivity contribution is -0.131. The Kier molecular flexibility index (Phi) is 8.62. The van der Waals surface area contributed by atoms with E-state index < -0.39 is 22.0 Å². The van der Waals surface area contributed by atoms with Crippen LogP contribution in [0.15, 0.2) is 53.6 Å². The van der Waals surface area contributed by atoms with Gasteiger partial charge in [-0.1, -0.05) is 26.3 Å². The summed E-state index contributed by atoms with van der Waals surface area (Å²) in [4.78, 5) is 30.3. The van der Waals surface area contributed by atoms with Crippen molar-refractivity contribution in [3.05, 3.63) is 48.7 Å². The SMILES string of the molecule is CCC(C)[C@@H](NC(=O)C1CCCN(S(=O)(=O)c2ccc(OC)cc2)C1)C(=O)Nc1ccccn1. The Morgan fingerprint density at radius 2 is 1.94 bits per heavy atom. The standard InChI is InChI=1S/C24H32N4O5S/c1-4-17(2)22(24(30)26-21-9-5-6-14-25-21)27-23(29)18-8-7-15-28(16-18)34(31,32)20-12-10-19(33-3)11-13-20/h5-6,9-14,17-18,22H,4,7-8,15-16H2,1-3H3,(H,27,29)(H,25,26,30)/t17?,18?,22-/m1/s1. The lowest BCUT2D eigenvalue weighted by Crippen LogP contribution is -2.52. The van der Waals surface area contributed by atoms with Gasteiger partial charge in [-0.3, -0.25) is 9.59 Å². The van der Waals surface area contributed by atoms with Crippen molar-refractivity contribution < 1.29 is 22.7 Å². The first-order valence-electron chi connectivity index (χ1n) is 11.4. The van der Waals surface area contributed by atoms with Crippen LogP contribution in [0.1, 0.15) is 33.1 Å². The molecule has 2 N–H and O–H groups in total. The molecule has 1 fully saturated rings. The fourth-order valence-electron chi connectivity index (χ4n) is 3.89. The average Bonchev–Trinajstić information content (AvgIpc) is 2.87. The first kappa shape index (κ1) is 25.6. The third-order valence-corrected chi connectivity index (χ3v) is 8.04. The molecule has 2 unspecified atom stereocenters. The van der Waals surface area contributed by atoms with E-state index >= 15 is 0 Å². The van der Waals surface area contributed by atoms with E-state index in [9.17, 15) is 18.0 Å². The number of amides is 2. The van der Waals surface area contributed by atoms with Crippen LogP contribution < -0.4 is 15.4 Å². The highest BCUT2D eigenvalue weighted by Gasteiger charge is 2.35. The predicted molar refractivity (Wildman–Crippen MR) is 129 cm³/mol. The molecule has 3 rings (SSSR count). The van der Waals surface area contributed by atoms with E-state index in [1.54, 1.807) is 36.5 Å². The smallest absolute Gasteiger partial charge is 0.248 e. The minimum absolute atomic E-state index is 0.0648. The summed E-state index contributed by atoms with van der Waals surface area (Å²) in [5.74, 6) is -0.359. The lowest BCUT2D eigenvalue weighted by atomic mass is 9.95. The van der Waals surface area contributed by atoms with Crippen molar-refractivity contribution in [1.82, 2.24) is 14.6 Å². The molecular formula is C24H32N4O5S. The van der Waals surface area contributed by atoms with Crippen molar-refractivity contribution in [2.45, 2.75) is 44.0 Å². The van der Waals surface area contributed by atoms with Crippen molar-refractivity contribution in [3.8, 4) is 5.75 Å². The van der Waals surface area contributed by atoms with E-state index in [-0.39, 0.29) is 29.2 Å². The van der Waals surface area contributed by atoms with Crippen molar-refractivity contribution in [3.63, 3.8) is 0 Å². The number of nitrogens with one attached hydrogen (secondary N) is 2. The second-order valence-corrected chi connectivity index (χ2v) is 10.4. The number of aromatic nitrogens is 1. The van der Waals surface area contributed by atoms with E-state index in [4.69, 9.17) is 4.74 Å². The van der Waals surface area contributed by atoms with Crippen LogP contribution in [0.2, 0.25) is 0 Å². The maximum absolute atomic E-state index is 13.1. The van der Waals surface area contributed by atoms with Gasteiger partial charge >= 0.3 is 0 Å². The zero-order valence-corrected chi connectivity index (χ0v) is 20.5. The molecule has 1 aliphatic heterocycles. The Morgan fingerprint density at radius 3 is 2.56 bits per heavy atom. The van der Waals surface area contributed by atoms with E-state index in [0.717, 1.165) is 0 Å². The van der Waals surface area contributed by atoms with Crippen molar-refractivity contribution in [1.29, 1.82) is 0 Å². The third-order valence-electron chi connectivity index (χ3n) is 6.16. The van der Waals surface area contributed by atoms with Gasteiger partial charge in [-0.25, -0.2) is 13.4 Å². The molecule has 9 nitrogen and oxygen atoms in total. The van der Waals surface area contributed by atoms with Gasteiger partial charge in [0, 0.05) is 19.3 Å².